The van der Waals surface area contributed by atoms with Crippen LogP contribution in [-0.2, 0) is 6.42 Å². The van der Waals surface area contributed by atoms with Gasteiger partial charge >= 0.3 is 0 Å². The van der Waals surface area contributed by atoms with Gasteiger partial charge in [-0.05, 0) is 36.1 Å². The Hall–Kier alpha value is -3.45. The fourth-order valence-corrected chi connectivity index (χ4v) is 3.58. The summed E-state index contributed by atoms with van der Waals surface area (Å²) in [6, 6.07) is 9.67. The Kier molecular flexibility index (Phi) is 5.37. The van der Waals surface area contributed by atoms with Crippen LogP contribution >= 0.6 is 11.6 Å². The second-order valence-corrected chi connectivity index (χ2v) is 7.36. The molecule has 7 nitrogen and oxygen atoms in total. The summed E-state index contributed by atoms with van der Waals surface area (Å²) in [5, 5.41) is 3.28. The Morgan fingerprint density at radius 3 is 2.67 bits per heavy atom. The number of amides is 2. The van der Waals surface area contributed by atoms with E-state index >= 15 is 0 Å². The Bertz CT molecular complexity index is 1130. The van der Waals surface area contributed by atoms with Crippen LogP contribution < -0.4 is 15.8 Å². The molecule has 4 rings (SSSR count). The lowest BCUT2D eigenvalue weighted by atomic mass is 9.96. The molecule has 1 aliphatic heterocycles. The highest BCUT2D eigenvalue weighted by atomic mass is 35.5. The maximum Gasteiger partial charge on any atom is 0.268 e. The third kappa shape index (κ3) is 3.84. The fraction of sp³-hybridized carbons (Fsp3) is 0.182. The molecule has 8 heteroatoms. The monoisotopic (exact) mass is 422 g/mol. The van der Waals surface area contributed by atoms with Crippen molar-refractivity contribution in [3.63, 3.8) is 0 Å². The van der Waals surface area contributed by atoms with Crippen molar-refractivity contribution in [3.8, 4) is 17.0 Å². The highest BCUT2D eigenvalue weighted by Crippen LogP contribution is 2.36. The van der Waals surface area contributed by atoms with Crippen LogP contribution in [0.3, 0.4) is 0 Å². The van der Waals surface area contributed by atoms with Crippen molar-refractivity contribution in [2.24, 2.45) is 5.73 Å². The van der Waals surface area contributed by atoms with Gasteiger partial charge in [0.2, 0.25) is 0 Å². The number of nitrogens with one attached hydrogen (secondary N) is 1. The van der Waals surface area contributed by atoms with Gasteiger partial charge in [-0.15, -0.1) is 0 Å². The SMILES string of the molecule is Cc1c(Cc2ccc(-c3cnc(C(N)=O)cn3)cc2)cc2c(c1Cl)OCCNC2=O. The van der Waals surface area contributed by atoms with Crippen LogP contribution in [0.4, 0.5) is 0 Å². The zero-order chi connectivity index (χ0) is 21.3. The molecule has 0 radical (unpaired) electrons. The molecule has 2 heterocycles. The number of fused-ring (bicyclic) bond motifs is 1. The predicted molar refractivity (Wildman–Crippen MR) is 113 cm³/mol. The van der Waals surface area contributed by atoms with Gasteiger partial charge in [-0.25, -0.2) is 4.98 Å². The number of nitrogens with two attached hydrogens (primary N) is 1. The van der Waals surface area contributed by atoms with Crippen LogP contribution in [0.25, 0.3) is 11.3 Å². The zero-order valence-electron chi connectivity index (χ0n) is 16.2. The molecule has 0 saturated carbocycles. The van der Waals surface area contributed by atoms with Gasteiger partial charge in [0.1, 0.15) is 12.3 Å². The molecule has 0 atom stereocenters. The molecular weight excluding hydrogens is 404 g/mol. The van der Waals surface area contributed by atoms with Gasteiger partial charge in [0.15, 0.2) is 5.75 Å². The van der Waals surface area contributed by atoms with E-state index in [1.165, 1.54) is 12.4 Å². The van der Waals surface area contributed by atoms with Crippen molar-refractivity contribution in [3.05, 3.63) is 75.7 Å². The molecule has 1 aliphatic rings. The summed E-state index contributed by atoms with van der Waals surface area (Å²) in [6.45, 7) is 2.76. The number of carbonyl (C=O) groups excluding carboxylic acids is 2. The average Bonchev–Trinajstić information content (AvgIpc) is 2.94. The van der Waals surface area contributed by atoms with Gasteiger partial charge in [-0.1, -0.05) is 35.9 Å². The van der Waals surface area contributed by atoms with E-state index in [0.29, 0.717) is 41.6 Å². The maximum absolute atomic E-state index is 12.3. The molecule has 0 spiro atoms. The van der Waals surface area contributed by atoms with E-state index in [4.69, 9.17) is 22.1 Å². The molecule has 0 fully saturated rings. The Labute approximate surface area is 178 Å². The number of primary amides is 1. The third-order valence-corrected chi connectivity index (χ3v) is 5.46. The van der Waals surface area contributed by atoms with Crippen molar-refractivity contribution in [2.75, 3.05) is 13.2 Å². The number of halogens is 1. The Balaban J connectivity index is 1.60. The van der Waals surface area contributed by atoms with Crippen molar-refractivity contribution in [1.82, 2.24) is 15.3 Å². The zero-order valence-corrected chi connectivity index (χ0v) is 17.0. The number of nitrogens with zero attached hydrogens (tertiary/aromatic N) is 2. The number of aromatic nitrogens is 2. The molecule has 0 unspecified atom stereocenters. The molecule has 152 valence electrons. The van der Waals surface area contributed by atoms with E-state index in [-0.39, 0.29) is 11.6 Å². The normalized spacial score (nSPS) is 13.1. The first-order valence-corrected chi connectivity index (χ1v) is 9.76. The minimum Gasteiger partial charge on any atom is -0.489 e. The van der Waals surface area contributed by atoms with E-state index in [1.54, 1.807) is 0 Å². The average molecular weight is 423 g/mol. The minimum atomic E-state index is -0.613. The van der Waals surface area contributed by atoms with Gasteiger partial charge < -0.3 is 15.8 Å². The second kappa shape index (κ2) is 8.12. The number of carbonyl (C=O) groups is 2. The molecule has 0 bridgehead atoms. The number of rotatable bonds is 4. The molecule has 2 aromatic carbocycles. The molecule has 3 aromatic rings. The van der Waals surface area contributed by atoms with Crippen molar-refractivity contribution in [2.45, 2.75) is 13.3 Å². The van der Waals surface area contributed by atoms with Gasteiger partial charge in [-0.2, -0.15) is 0 Å². The number of hydrogen-bond acceptors (Lipinski definition) is 5. The van der Waals surface area contributed by atoms with Crippen LogP contribution in [0.5, 0.6) is 5.75 Å². The molecule has 30 heavy (non-hydrogen) atoms. The summed E-state index contributed by atoms with van der Waals surface area (Å²) in [5.41, 5.74) is 10.2. The third-order valence-electron chi connectivity index (χ3n) is 5.00. The number of ether oxygens (including phenoxy) is 1. The molecular formula is C22H19ClN4O3. The first-order valence-electron chi connectivity index (χ1n) is 9.38. The van der Waals surface area contributed by atoms with Gasteiger partial charge in [0.25, 0.3) is 11.8 Å². The molecule has 3 N–H and O–H groups in total. The molecule has 1 aromatic heterocycles. The summed E-state index contributed by atoms with van der Waals surface area (Å²) in [5.74, 6) is -0.349. The van der Waals surface area contributed by atoms with Crippen molar-refractivity contribution in [1.29, 1.82) is 0 Å². The summed E-state index contributed by atoms with van der Waals surface area (Å²) in [6.07, 6.45) is 3.49. The van der Waals surface area contributed by atoms with Gasteiger partial charge in [0.05, 0.1) is 35.2 Å². The summed E-state index contributed by atoms with van der Waals surface area (Å²) >= 11 is 6.51. The van der Waals surface area contributed by atoms with Gasteiger partial charge in [0, 0.05) is 5.56 Å². The summed E-state index contributed by atoms with van der Waals surface area (Å²) in [4.78, 5) is 31.7. The van der Waals surface area contributed by atoms with E-state index < -0.39 is 5.91 Å². The van der Waals surface area contributed by atoms with Crippen LogP contribution in [0.15, 0.2) is 42.7 Å². The number of hydrogen-bond donors (Lipinski definition) is 2. The highest BCUT2D eigenvalue weighted by Gasteiger charge is 2.22. The van der Waals surface area contributed by atoms with E-state index in [9.17, 15) is 9.59 Å². The van der Waals surface area contributed by atoms with Gasteiger partial charge in [-0.3, -0.25) is 14.6 Å². The van der Waals surface area contributed by atoms with Crippen LogP contribution in [-0.4, -0.2) is 34.9 Å². The largest absolute Gasteiger partial charge is 0.489 e. The topological polar surface area (TPSA) is 107 Å². The first-order chi connectivity index (χ1) is 14.4. The summed E-state index contributed by atoms with van der Waals surface area (Å²) in [7, 11) is 0. The molecule has 0 saturated heterocycles. The van der Waals surface area contributed by atoms with Crippen LogP contribution in [0.2, 0.25) is 5.02 Å². The lowest BCUT2D eigenvalue weighted by Crippen LogP contribution is -2.24. The maximum atomic E-state index is 12.3. The Morgan fingerprint density at radius 2 is 2.00 bits per heavy atom. The smallest absolute Gasteiger partial charge is 0.268 e. The van der Waals surface area contributed by atoms with E-state index in [2.05, 4.69) is 15.3 Å². The second-order valence-electron chi connectivity index (χ2n) is 6.98. The minimum absolute atomic E-state index is 0.124. The predicted octanol–water partition coefficient (Wildman–Crippen LogP) is 2.92. The summed E-state index contributed by atoms with van der Waals surface area (Å²) < 4.78 is 5.67. The fourth-order valence-electron chi connectivity index (χ4n) is 3.30. The number of benzene rings is 2. The van der Waals surface area contributed by atoms with E-state index in [1.807, 2.05) is 37.3 Å². The van der Waals surface area contributed by atoms with Crippen LogP contribution in [0.1, 0.15) is 37.5 Å². The standard InChI is InChI=1S/C22H19ClN4O3/c1-12-15(9-16-20(19(12)23)30-7-6-25-22(16)29)8-13-2-4-14(5-3-13)17-10-27-18(11-26-17)21(24)28/h2-5,9-11H,6-8H2,1H3,(H2,24,28)(H,25,29). The van der Waals surface area contributed by atoms with E-state index in [0.717, 1.165) is 22.3 Å². The molecule has 0 aliphatic carbocycles. The van der Waals surface area contributed by atoms with Crippen molar-refractivity contribution >= 4 is 23.4 Å². The Morgan fingerprint density at radius 1 is 1.23 bits per heavy atom. The first kappa shape index (κ1) is 19.8. The van der Waals surface area contributed by atoms with Crippen molar-refractivity contribution < 1.29 is 14.3 Å². The quantitative estimate of drug-likeness (QED) is 0.672. The lowest BCUT2D eigenvalue weighted by Gasteiger charge is -2.15. The lowest BCUT2D eigenvalue weighted by molar-refractivity contribution is 0.0955. The molecule has 2 amide bonds. The van der Waals surface area contributed by atoms with Crippen LogP contribution in [0, 0.1) is 6.92 Å². The highest BCUT2D eigenvalue weighted by molar-refractivity contribution is 6.33.